The van der Waals surface area contributed by atoms with Crippen LogP contribution in [0.5, 0.6) is 0 Å². The average molecular weight is 407 g/mol. The van der Waals surface area contributed by atoms with E-state index < -0.39 is 0 Å². The lowest BCUT2D eigenvalue weighted by Gasteiger charge is -2.32. The first kappa shape index (κ1) is 20.0. The summed E-state index contributed by atoms with van der Waals surface area (Å²) in [5.74, 6) is 1.27. The molecule has 0 N–H and O–H groups in total. The van der Waals surface area contributed by atoms with Crippen molar-refractivity contribution in [3.05, 3.63) is 64.6 Å². The number of carbonyl (C=O) groups excluding carboxylic acids is 1. The van der Waals surface area contributed by atoms with Crippen LogP contribution in [0.15, 0.2) is 52.2 Å². The molecule has 4 rings (SSSR count). The number of hydrogen-bond acceptors (Lipinski definition) is 6. The molecule has 1 aromatic carbocycles. The Morgan fingerprint density at radius 2 is 1.97 bits per heavy atom. The predicted molar refractivity (Wildman–Crippen MR) is 111 cm³/mol. The Morgan fingerprint density at radius 1 is 1.20 bits per heavy atom. The van der Waals surface area contributed by atoms with E-state index in [0.29, 0.717) is 11.7 Å². The van der Waals surface area contributed by atoms with Crippen LogP contribution in [0, 0.1) is 12.8 Å². The Hall–Kier alpha value is -3.29. The molecule has 2 aromatic heterocycles. The SMILES string of the molecule is Cc1noc(-c2cncn(CCC(=O)N3CCC(Cc4ccccc4)CC3)c2=O)n1. The molecule has 0 aliphatic carbocycles. The van der Waals surface area contributed by atoms with Crippen molar-refractivity contribution in [2.45, 2.75) is 39.2 Å². The second-order valence-corrected chi connectivity index (χ2v) is 7.72. The van der Waals surface area contributed by atoms with Gasteiger partial charge in [-0.3, -0.25) is 14.2 Å². The molecule has 0 unspecified atom stereocenters. The van der Waals surface area contributed by atoms with Crippen LogP contribution in [-0.4, -0.2) is 43.6 Å². The molecule has 1 amide bonds. The first-order chi connectivity index (χ1) is 14.6. The fraction of sp³-hybridized carbons (Fsp3) is 0.409. The van der Waals surface area contributed by atoms with Crippen LogP contribution in [0.25, 0.3) is 11.5 Å². The van der Waals surface area contributed by atoms with E-state index in [0.717, 1.165) is 32.4 Å². The molecule has 3 aromatic rings. The van der Waals surface area contributed by atoms with Gasteiger partial charge >= 0.3 is 0 Å². The van der Waals surface area contributed by atoms with Crippen molar-refractivity contribution < 1.29 is 9.32 Å². The van der Waals surface area contributed by atoms with E-state index >= 15 is 0 Å². The summed E-state index contributed by atoms with van der Waals surface area (Å²) in [4.78, 5) is 35.4. The lowest BCUT2D eigenvalue weighted by Crippen LogP contribution is -2.39. The molecular formula is C22H25N5O3. The lowest BCUT2D eigenvalue weighted by molar-refractivity contribution is -0.132. The van der Waals surface area contributed by atoms with Crippen molar-refractivity contribution in [2.24, 2.45) is 5.92 Å². The minimum Gasteiger partial charge on any atom is -0.343 e. The Morgan fingerprint density at radius 3 is 2.67 bits per heavy atom. The number of hydrogen-bond donors (Lipinski definition) is 0. The number of carbonyl (C=O) groups is 1. The summed E-state index contributed by atoms with van der Waals surface area (Å²) in [6, 6.07) is 10.5. The molecule has 1 aliphatic heterocycles. The molecule has 0 bridgehead atoms. The molecule has 1 saturated heterocycles. The summed E-state index contributed by atoms with van der Waals surface area (Å²) in [6.07, 6.45) is 6.19. The maximum atomic E-state index is 12.7. The van der Waals surface area contributed by atoms with Gasteiger partial charge in [0.25, 0.3) is 11.4 Å². The van der Waals surface area contributed by atoms with Gasteiger partial charge in [-0.15, -0.1) is 0 Å². The zero-order valence-corrected chi connectivity index (χ0v) is 17.0. The first-order valence-electron chi connectivity index (χ1n) is 10.3. The topological polar surface area (TPSA) is 94.1 Å². The Kier molecular flexibility index (Phi) is 6.02. The summed E-state index contributed by atoms with van der Waals surface area (Å²) in [6.45, 7) is 3.49. The van der Waals surface area contributed by atoms with Crippen LogP contribution in [0.4, 0.5) is 0 Å². The summed E-state index contributed by atoms with van der Waals surface area (Å²) in [7, 11) is 0. The number of rotatable bonds is 6. The van der Waals surface area contributed by atoms with Crippen molar-refractivity contribution in [3.8, 4) is 11.5 Å². The summed E-state index contributed by atoms with van der Waals surface area (Å²) in [5, 5.41) is 3.71. The third-order valence-electron chi connectivity index (χ3n) is 5.56. The highest BCUT2D eigenvalue weighted by molar-refractivity contribution is 5.76. The Bertz CT molecular complexity index is 1050. The zero-order chi connectivity index (χ0) is 20.9. The maximum Gasteiger partial charge on any atom is 0.266 e. The van der Waals surface area contributed by atoms with Crippen LogP contribution < -0.4 is 5.56 Å². The standard InChI is InChI=1S/C22H25N5O3/c1-16-24-21(30-25-16)19-14-23-15-27(22(19)29)12-9-20(28)26-10-7-18(8-11-26)13-17-5-3-2-4-6-17/h2-6,14-15,18H,7-13H2,1H3. The van der Waals surface area contributed by atoms with Gasteiger partial charge in [-0.1, -0.05) is 35.5 Å². The molecule has 156 valence electrons. The number of benzene rings is 1. The van der Waals surface area contributed by atoms with Crippen molar-refractivity contribution in [1.29, 1.82) is 0 Å². The van der Waals surface area contributed by atoms with Crippen LogP contribution >= 0.6 is 0 Å². The first-order valence-corrected chi connectivity index (χ1v) is 10.3. The fourth-order valence-corrected chi connectivity index (χ4v) is 3.87. The van der Waals surface area contributed by atoms with Gasteiger partial charge in [0.15, 0.2) is 5.82 Å². The molecule has 0 spiro atoms. The average Bonchev–Trinajstić information content (AvgIpc) is 3.20. The van der Waals surface area contributed by atoms with E-state index in [1.165, 1.54) is 22.7 Å². The zero-order valence-electron chi connectivity index (χ0n) is 17.0. The maximum absolute atomic E-state index is 12.7. The number of likely N-dealkylation sites (tertiary alicyclic amines) is 1. The summed E-state index contributed by atoms with van der Waals surface area (Å²) >= 11 is 0. The number of amides is 1. The minimum atomic E-state index is -0.289. The molecule has 8 heteroatoms. The third-order valence-corrected chi connectivity index (χ3v) is 5.56. The van der Waals surface area contributed by atoms with Crippen LogP contribution in [0.3, 0.4) is 0 Å². The van der Waals surface area contributed by atoms with Crippen LogP contribution in [0.2, 0.25) is 0 Å². The van der Waals surface area contributed by atoms with E-state index in [-0.39, 0.29) is 35.9 Å². The number of piperidine rings is 1. The van der Waals surface area contributed by atoms with Crippen molar-refractivity contribution >= 4 is 5.91 Å². The molecule has 0 radical (unpaired) electrons. The van der Waals surface area contributed by atoms with Gasteiger partial charge in [-0.2, -0.15) is 4.98 Å². The monoisotopic (exact) mass is 407 g/mol. The smallest absolute Gasteiger partial charge is 0.266 e. The molecule has 0 saturated carbocycles. The summed E-state index contributed by atoms with van der Waals surface area (Å²) in [5.41, 5.74) is 1.31. The van der Waals surface area contributed by atoms with Gasteiger partial charge in [0.2, 0.25) is 5.91 Å². The van der Waals surface area contributed by atoms with Gasteiger partial charge in [0, 0.05) is 32.3 Å². The fourth-order valence-electron chi connectivity index (χ4n) is 3.87. The van der Waals surface area contributed by atoms with E-state index in [2.05, 4.69) is 39.4 Å². The number of nitrogens with zero attached hydrogens (tertiary/aromatic N) is 5. The lowest BCUT2D eigenvalue weighted by atomic mass is 9.90. The van der Waals surface area contributed by atoms with Crippen molar-refractivity contribution in [1.82, 2.24) is 24.6 Å². The highest BCUT2D eigenvalue weighted by atomic mass is 16.5. The molecule has 3 heterocycles. The minimum absolute atomic E-state index is 0.0686. The quantitative estimate of drug-likeness (QED) is 0.623. The van der Waals surface area contributed by atoms with E-state index in [1.807, 2.05) is 11.0 Å². The molecule has 1 aliphatic rings. The van der Waals surface area contributed by atoms with Crippen molar-refractivity contribution in [2.75, 3.05) is 13.1 Å². The number of aryl methyl sites for hydroxylation is 2. The highest BCUT2D eigenvalue weighted by Crippen LogP contribution is 2.22. The van der Waals surface area contributed by atoms with Crippen LogP contribution in [0.1, 0.15) is 30.7 Å². The second kappa shape index (κ2) is 9.02. The molecule has 1 fully saturated rings. The van der Waals surface area contributed by atoms with Gasteiger partial charge in [0.1, 0.15) is 5.56 Å². The predicted octanol–water partition coefficient (Wildman–Crippen LogP) is 2.47. The molecule has 30 heavy (non-hydrogen) atoms. The Balaban J connectivity index is 1.31. The molecular weight excluding hydrogens is 382 g/mol. The molecule has 0 atom stereocenters. The summed E-state index contributed by atoms with van der Waals surface area (Å²) < 4.78 is 6.50. The molecule has 8 nitrogen and oxygen atoms in total. The number of aromatic nitrogens is 4. The van der Waals surface area contributed by atoms with Crippen molar-refractivity contribution in [3.63, 3.8) is 0 Å². The Labute approximate surface area is 174 Å². The van der Waals surface area contributed by atoms with Gasteiger partial charge in [0.05, 0.1) is 6.33 Å². The van der Waals surface area contributed by atoms with E-state index in [9.17, 15) is 9.59 Å². The normalized spacial score (nSPS) is 14.8. The largest absolute Gasteiger partial charge is 0.343 e. The van der Waals surface area contributed by atoms with E-state index in [4.69, 9.17) is 4.52 Å². The second-order valence-electron chi connectivity index (χ2n) is 7.72. The third kappa shape index (κ3) is 4.64. The van der Waals surface area contributed by atoms with Gasteiger partial charge in [-0.25, -0.2) is 4.98 Å². The van der Waals surface area contributed by atoms with Gasteiger partial charge < -0.3 is 9.42 Å². The van der Waals surface area contributed by atoms with E-state index in [1.54, 1.807) is 6.92 Å². The van der Waals surface area contributed by atoms with Crippen LogP contribution in [-0.2, 0) is 17.8 Å². The van der Waals surface area contributed by atoms with Gasteiger partial charge in [-0.05, 0) is 37.7 Å². The highest BCUT2D eigenvalue weighted by Gasteiger charge is 2.23.